The Labute approximate surface area is 89.1 Å². The van der Waals surface area contributed by atoms with Crippen molar-refractivity contribution in [2.75, 3.05) is 11.8 Å². The Balaban J connectivity index is 2.74. The zero-order chi connectivity index (χ0) is 11.3. The molecule has 0 fully saturated rings. The van der Waals surface area contributed by atoms with Gasteiger partial charge in [0.1, 0.15) is 5.82 Å². The van der Waals surface area contributed by atoms with Crippen molar-refractivity contribution in [3.8, 4) is 0 Å². The van der Waals surface area contributed by atoms with E-state index in [4.69, 9.17) is 0 Å². The van der Waals surface area contributed by atoms with Gasteiger partial charge in [0, 0.05) is 17.5 Å². The summed E-state index contributed by atoms with van der Waals surface area (Å²) in [5.41, 5.74) is 0.629. The third-order valence-electron chi connectivity index (χ3n) is 1.59. The molecule has 15 heavy (non-hydrogen) atoms. The molecule has 1 rings (SSSR count). The monoisotopic (exact) mass is 229 g/mol. The lowest BCUT2D eigenvalue weighted by molar-refractivity contribution is -0.139. The van der Waals surface area contributed by atoms with E-state index in [1.54, 1.807) is 6.07 Å². The molecular weight excluding hydrogens is 220 g/mol. The molecule has 6 nitrogen and oxygen atoms in total. The maximum absolute atomic E-state index is 10.9. The van der Waals surface area contributed by atoms with Gasteiger partial charge in [0.25, 0.3) is 0 Å². The van der Waals surface area contributed by atoms with Crippen LogP contribution >= 0.6 is 0 Å². The summed E-state index contributed by atoms with van der Waals surface area (Å²) in [5, 5.41) is 0. The van der Waals surface area contributed by atoms with Crippen molar-refractivity contribution < 1.29 is 18.3 Å². The molecule has 1 aromatic rings. The summed E-state index contributed by atoms with van der Waals surface area (Å²) in [6.07, 6.45) is 1.49. The Kier molecular flexibility index (Phi) is 4.19. The van der Waals surface area contributed by atoms with E-state index in [9.17, 15) is 13.6 Å². The first kappa shape index (κ1) is 11.6. The van der Waals surface area contributed by atoms with Crippen LogP contribution in [0, 0.1) is 0 Å². The molecule has 1 heterocycles. The highest BCUT2D eigenvalue weighted by molar-refractivity contribution is 7.80. The number of esters is 1. The minimum atomic E-state index is -2.42. The lowest BCUT2D eigenvalue weighted by atomic mass is 10.2. The fraction of sp³-hybridized carbons (Fsp3) is 0.250. The molecule has 0 aliphatic rings. The van der Waals surface area contributed by atoms with E-state index in [0.29, 0.717) is 5.56 Å². The second-order valence-electron chi connectivity index (χ2n) is 2.64. The second-order valence-corrected chi connectivity index (χ2v) is 3.31. The number of methoxy groups -OCH3 is 1. The van der Waals surface area contributed by atoms with Crippen LogP contribution in [0.4, 0.5) is 5.82 Å². The SMILES string of the molecule is COC(=O)Cc1ccnc(NS(=O)[O-])c1. The molecule has 1 unspecified atom stereocenters. The van der Waals surface area contributed by atoms with Gasteiger partial charge in [-0.1, -0.05) is 0 Å². The molecule has 0 saturated carbocycles. The van der Waals surface area contributed by atoms with Gasteiger partial charge in [-0.05, 0) is 17.7 Å². The number of anilines is 1. The van der Waals surface area contributed by atoms with E-state index >= 15 is 0 Å². The first-order valence-corrected chi connectivity index (χ1v) is 5.07. The van der Waals surface area contributed by atoms with E-state index in [1.165, 1.54) is 19.4 Å². The van der Waals surface area contributed by atoms with Gasteiger partial charge in [0.2, 0.25) is 0 Å². The van der Waals surface area contributed by atoms with Crippen LogP contribution in [-0.2, 0) is 27.2 Å². The topological polar surface area (TPSA) is 91.3 Å². The van der Waals surface area contributed by atoms with Gasteiger partial charge in [-0.3, -0.25) is 9.00 Å². The summed E-state index contributed by atoms with van der Waals surface area (Å²) >= 11 is -2.42. The third-order valence-corrected chi connectivity index (χ3v) is 1.96. The second kappa shape index (κ2) is 5.42. The van der Waals surface area contributed by atoms with Crippen LogP contribution in [0.25, 0.3) is 0 Å². The minimum Gasteiger partial charge on any atom is -0.755 e. The fourth-order valence-corrected chi connectivity index (χ4v) is 1.25. The summed E-state index contributed by atoms with van der Waals surface area (Å²) in [5.74, 6) is -0.222. The van der Waals surface area contributed by atoms with E-state index in [2.05, 4.69) is 14.4 Å². The number of pyridine rings is 1. The molecular formula is C8H9N2O4S-. The van der Waals surface area contributed by atoms with Crippen LogP contribution < -0.4 is 4.72 Å². The molecule has 1 N–H and O–H groups in total. The molecule has 0 spiro atoms. The number of ether oxygens (including phenoxy) is 1. The number of hydrogen-bond acceptors (Lipinski definition) is 5. The Morgan fingerprint density at radius 3 is 3.07 bits per heavy atom. The fourth-order valence-electron chi connectivity index (χ4n) is 0.964. The largest absolute Gasteiger partial charge is 0.755 e. The van der Waals surface area contributed by atoms with E-state index in [0.717, 1.165) is 0 Å². The Hall–Kier alpha value is -1.47. The quantitative estimate of drug-likeness (QED) is 0.579. The number of nitrogens with one attached hydrogen (secondary N) is 1. The van der Waals surface area contributed by atoms with Gasteiger partial charge in [0.05, 0.1) is 13.5 Å². The number of carbonyl (C=O) groups excluding carboxylic acids is 1. The molecule has 0 aromatic carbocycles. The van der Waals surface area contributed by atoms with Crippen molar-refractivity contribution in [3.63, 3.8) is 0 Å². The zero-order valence-electron chi connectivity index (χ0n) is 7.93. The average molecular weight is 229 g/mol. The third kappa shape index (κ3) is 4.05. The average Bonchev–Trinajstić information content (AvgIpc) is 2.17. The molecule has 1 atom stereocenters. The number of aromatic nitrogens is 1. The van der Waals surface area contributed by atoms with Crippen LogP contribution in [-0.4, -0.2) is 26.8 Å². The molecule has 0 amide bonds. The van der Waals surface area contributed by atoms with Crippen molar-refractivity contribution in [2.45, 2.75) is 6.42 Å². The van der Waals surface area contributed by atoms with Crippen molar-refractivity contribution in [3.05, 3.63) is 23.9 Å². The number of rotatable bonds is 4. The zero-order valence-corrected chi connectivity index (χ0v) is 8.74. The van der Waals surface area contributed by atoms with Gasteiger partial charge in [-0.15, -0.1) is 0 Å². The lowest BCUT2D eigenvalue weighted by Gasteiger charge is -2.08. The van der Waals surface area contributed by atoms with Crippen LogP contribution in [0.1, 0.15) is 5.56 Å². The number of hydrogen-bond donors (Lipinski definition) is 1. The smallest absolute Gasteiger partial charge is 0.309 e. The van der Waals surface area contributed by atoms with Gasteiger partial charge < -0.3 is 14.0 Å². The van der Waals surface area contributed by atoms with E-state index < -0.39 is 17.2 Å². The molecule has 0 saturated heterocycles. The Bertz CT molecular complexity index is 383. The van der Waals surface area contributed by atoms with Crippen LogP contribution in [0.5, 0.6) is 0 Å². The molecule has 0 aliphatic heterocycles. The van der Waals surface area contributed by atoms with Crippen molar-refractivity contribution in [1.82, 2.24) is 4.98 Å². The van der Waals surface area contributed by atoms with Gasteiger partial charge >= 0.3 is 5.97 Å². The predicted octanol–water partition coefficient (Wildman–Crippen LogP) is 0.00310. The van der Waals surface area contributed by atoms with Crippen LogP contribution in [0.2, 0.25) is 0 Å². The van der Waals surface area contributed by atoms with E-state index in [-0.39, 0.29) is 12.2 Å². The van der Waals surface area contributed by atoms with Gasteiger partial charge in [0.15, 0.2) is 0 Å². The molecule has 0 radical (unpaired) electrons. The summed E-state index contributed by atoms with van der Waals surface area (Å²) in [4.78, 5) is 14.7. The highest BCUT2D eigenvalue weighted by atomic mass is 32.2. The lowest BCUT2D eigenvalue weighted by Crippen LogP contribution is -2.07. The van der Waals surface area contributed by atoms with Gasteiger partial charge in [-0.2, -0.15) is 0 Å². The van der Waals surface area contributed by atoms with E-state index in [1.807, 2.05) is 0 Å². The summed E-state index contributed by atoms with van der Waals surface area (Å²) in [6, 6.07) is 3.07. The highest BCUT2D eigenvalue weighted by Gasteiger charge is 2.03. The first-order chi connectivity index (χ1) is 7.11. The number of carbonyl (C=O) groups is 1. The van der Waals surface area contributed by atoms with Crippen LogP contribution in [0.3, 0.4) is 0 Å². The standard InChI is InChI=1S/C8H10N2O4S/c1-14-8(11)5-6-2-3-9-7(4-6)10-15(12)13/h2-4H,5H2,1H3,(H,9,10)(H,12,13)/p-1. The Morgan fingerprint density at radius 1 is 1.73 bits per heavy atom. The minimum absolute atomic E-state index is 0.0825. The normalized spacial score (nSPS) is 11.9. The Morgan fingerprint density at radius 2 is 2.47 bits per heavy atom. The molecule has 1 aromatic heterocycles. The molecule has 7 heteroatoms. The first-order valence-electron chi connectivity index (χ1n) is 3.99. The summed E-state index contributed by atoms with van der Waals surface area (Å²) in [7, 11) is 1.29. The van der Waals surface area contributed by atoms with Crippen molar-refractivity contribution in [1.29, 1.82) is 0 Å². The highest BCUT2D eigenvalue weighted by Crippen LogP contribution is 2.08. The van der Waals surface area contributed by atoms with Crippen molar-refractivity contribution >= 4 is 23.1 Å². The van der Waals surface area contributed by atoms with Crippen molar-refractivity contribution in [2.24, 2.45) is 0 Å². The van der Waals surface area contributed by atoms with Gasteiger partial charge in [-0.25, -0.2) is 4.98 Å². The van der Waals surface area contributed by atoms with Crippen LogP contribution in [0.15, 0.2) is 18.3 Å². The summed E-state index contributed by atoms with van der Waals surface area (Å²) in [6.45, 7) is 0. The molecule has 0 aliphatic carbocycles. The predicted molar refractivity (Wildman–Crippen MR) is 52.5 cm³/mol. The summed E-state index contributed by atoms with van der Waals surface area (Å²) < 4.78 is 27.2. The maximum Gasteiger partial charge on any atom is 0.309 e. The molecule has 0 bridgehead atoms. The molecule has 82 valence electrons. The maximum atomic E-state index is 10.9. The number of nitrogens with zero attached hydrogens (tertiary/aromatic N) is 1.